The lowest BCUT2D eigenvalue weighted by Crippen LogP contribution is -2.01. The summed E-state index contributed by atoms with van der Waals surface area (Å²) in [4.78, 5) is 20.8. The fraction of sp³-hybridized carbons (Fsp3) is 1.00. The molecule has 0 aromatic rings. The molecule has 0 fully saturated rings. The lowest BCUT2D eigenvalue weighted by molar-refractivity contribution is 0.131. The van der Waals surface area contributed by atoms with Crippen LogP contribution in [0.15, 0.2) is 0 Å². The standard InChI is InChI=1S/C5H14NO5P/c6-10-4-2-1-3-5-11-12(7,8)9/h1-6H2,(H2,7,8,9). The van der Waals surface area contributed by atoms with Crippen LogP contribution in [0.1, 0.15) is 19.3 Å². The molecule has 4 N–H and O–H groups in total. The van der Waals surface area contributed by atoms with Crippen LogP contribution in [0.2, 0.25) is 0 Å². The smallest absolute Gasteiger partial charge is 0.305 e. The average molecular weight is 199 g/mol. The van der Waals surface area contributed by atoms with Crippen LogP contribution in [-0.4, -0.2) is 23.0 Å². The second kappa shape index (κ2) is 6.54. The van der Waals surface area contributed by atoms with Gasteiger partial charge in [-0.3, -0.25) is 4.52 Å². The van der Waals surface area contributed by atoms with Crippen LogP contribution < -0.4 is 5.90 Å². The number of nitrogens with two attached hydrogens (primary N) is 1. The molecule has 0 atom stereocenters. The highest BCUT2D eigenvalue weighted by Gasteiger charge is 2.12. The Morgan fingerprint density at radius 3 is 2.25 bits per heavy atom. The Labute approximate surface area is 70.9 Å². The van der Waals surface area contributed by atoms with Gasteiger partial charge >= 0.3 is 7.82 Å². The van der Waals surface area contributed by atoms with Crippen LogP contribution in [-0.2, 0) is 13.9 Å². The first-order valence-corrected chi connectivity index (χ1v) is 5.11. The van der Waals surface area contributed by atoms with Gasteiger partial charge in [0.15, 0.2) is 0 Å². The highest BCUT2D eigenvalue weighted by Crippen LogP contribution is 2.35. The van der Waals surface area contributed by atoms with E-state index in [0.717, 1.165) is 12.8 Å². The van der Waals surface area contributed by atoms with Gasteiger partial charge in [0, 0.05) is 0 Å². The quantitative estimate of drug-likeness (QED) is 0.306. The van der Waals surface area contributed by atoms with Gasteiger partial charge in [0.2, 0.25) is 0 Å². The molecule has 0 heterocycles. The highest BCUT2D eigenvalue weighted by atomic mass is 31.2. The lowest BCUT2D eigenvalue weighted by Gasteiger charge is -2.03. The zero-order chi connectivity index (χ0) is 9.45. The van der Waals surface area contributed by atoms with Gasteiger partial charge in [-0.05, 0) is 19.3 Å². The minimum atomic E-state index is -4.28. The predicted octanol–water partition coefficient (Wildman–Crippen LogP) is 0.156. The summed E-state index contributed by atoms with van der Waals surface area (Å²) in [6, 6.07) is 0. The average Bonchev–Trinajstić information content (AvgIpc) is 1.94. The van der Waals surface area contributed by atoms with Crippen molar-refractivity contribution in [3.8, 4) is 0 Å². The van der Waals surface area contributed by atoms with Crippen molar-refractivity contribution < 1.29 is 23.7 Å². The second-order valence-electron chi connectivity index (χ2n) is 2.26. The van der Waals surface area contributed by atoms with Gasteiger partial charge < -0.3 is 14.6 Å². The summed E-state index contributed by atoms with van der Waals surface area (Å²) in [5, 5.41) is 0. The molecule has 0 aromatic heterocycles. The number of phosphoric ester groups is 1. The summed E-state index contributed by atoms with van der Waals surface area (Å²) in [6.07, 6.45) is 2.13. The van der Waals surface area contributed by atoms with Crippen molar-refractivity contribution in [1.29, 1.82) is 0 Å². The van der Waals surface area contributed by atoms with E-state index in [0.29, 0.717) is 13.0 Å². The Morgan fingerprint density at radius 2 is 1.75 bits per heavy atom. The summed E-state index contributed by atoms with van der Waals surface area (Å²) >= 11 is 0. The van der Waals surface area contributed by atoms with E-state index < -0.39 is 7.82 Å². The zero-order valence-electron chi connectivity index (χ0n) is 6.68. The highest BCUT2D eigenvalue weighted by molar-refractivity contribution is 7.46. The Hall–Kier alpha value is 0.0300. The molecular weight excluding hydrogens is 185 g/mol. The van der Waals surface area contributed by atoms with Crippen LogP contribution in [0, 0.1) is 0 Å². The van der Waals surface area contributed by atoms with E-state index in [-0.39, 0.29) is 6.61 Å². The van der Waals surface area contributed by atoms with E-state index in [1.54, 1.807) is 0 Å². The fourth-order valence-corrected chi connectivity index (χ4v) is 1.01. The number of hydrogen-bond acceptors (Lipinski definition) is 4. The first-order valence-electron chi connectivity index (χ1n) is 3.58. The Morgan fingerprint density at radius 1 is 1.17 bits per heavy atom. The van der Waals surface area contributed by atoms with E-state index in [1.807, 2.05) is 0 Å². The van der Waals surface area contributed by atoms with Crippen molar-refractivity contribution in [2.45, 2.75) is 19.3 Å². The van der Waals surface area contributed by atoms with Crippen molar-refractivity contribution in [3.05, 3.63) is 0 Å². The maximum atomic E-state index is 10.1. The maximum absolute atomic E-state index is 10.1. The molecule has 0 rings (SSSR count). The van der Waals surface area contributed by atoms with Crippen LogP contribution in [0.4, 0.5) is 0 Å². The van der Waals surface area contributed by atoms with E-state index in [1.165, 1.54) is 0 Å². The van der Waals surface area contributed by atoms with Gasteiger partial charge in [-0.25, -0.2) is 10.5 Å². The van der Waals surface area contributed by atoms with E-state index in [4.69, 9.17) is 15.7 Å². The molecule has 0 saturated heterocycles. The molecule has 74 valence electrons. The van der Waals surface area contributed by atoms with Crippen LogP contribution in [0.5, 0.6) is 0 Å². The normalized spacial score (nSPS) is 11.9. The van der Waals surface area contributed by atoms with Gasteiger partial charge in [0.25, 0.3) is 0 Å². The third-order valence-corrected chi connectivity index (χ3v) is 1.68. The van der Waals surface area contributed by atoms with Crippen LogP contribution in [0.3, 0.4) is 0 Å². The molecule has 6 nitrogen and oxygen atoms in total. The lowest BCUT2D eigenvalue weighted by atomic mass is 10.2. The number of unbranched alkanes of at least 4 members (excludes halogenated alkanes) is 2. The molecule has 0 bridgehead atoms. The molecule has 0 spiro atoms. The van der Waals surface area contributed by atoms with Gasteiger partial charge in [-0.15, -0.1) is 0 Å². The van der Waals surface area contributed by atoms with Crippen molar-refractivity contribution in [3.63, 3.8) is 0 Å². The Balaban J connectivity index is 3.06. The Bertz CT molecular complexity index is 147. The molecule has 0 amide bonds. The fourth-order valence-electron chi connectivity index (χ4n) is 0.648. The van der Waals surface area contributed by atoms with Gasteiger partial charge in [0.1, 0.15) is 0 Å². The molecular formula is C5H14NO5P. The minimum Gasteiger partial charge on any atom is -0.305 e. The summed E-state index contributed by atoms with van der Waals surface area (Å²) in [5.41, 5.74) is 0. The van der Waals surface area contributed by atoms with E-state index in [2.05, 4.69) is 9.36 Å². The van der Waals surface area contributed by atoms with E-state index in [9.17, 15) is 4.57 Å². The van der Waals surface area contributed by atoms with E-state index >= 15 is 0 Å². The van der Waals surface area contributed by atoms with Crippen molar-refractivity contribution >= 4 is 7.82 Å². The van der Waals surface area contributed by atoms with Gasteiger partial charge in [-0.2, -0.15) is 0 Å². The largest absolute Gasteiger partial charge is 0.469 e. The monoisotopic (exact) mass is 199 g/mol. The molecule has 0 radical (unpaired) electrons. The molecule has 0 aliphatic heterocycles. The summed E-state index contributed by atoms with van der Waals surface area (Å²) in [5.74, 6) is 4.76. The molecule has 0 aliphatic rings. The molecule has 12 heavy (non-hydrogen) atoms. The molecule has 0 unspecified atom stereocenters. The first-order chi connectivity index (χ1) is 5.56. The molecule has 0 saturated carbocycles. The summed E-state index contributed by atoms with van der Waals surface area (Å²) in [6.45, 7) is 0.519. The van der Waals surface area contributed by atoms with Crippen LogP contribution in [0.25, 0.3) is 0 Å². The topological polar surface area (TPSA) is 102 Å². The minimum absolute atomic E-state index is 0.0643. The van der Waals surface area contributed by atoms with Crippen molar-refractivity contribution in [2.24, 2.45) is 5.90 Å². The molecule has 0 aromatic carbocycles. The van der Waals surface area contributed by atoms with Gasteiger partial charge in [-0.1, -0.05) is 0 Å². The SMILES string of the molecule is NOCCCCCOP(=O)(O)O. The number of hydrogen-bond donors (Lipinski definition) is 3. The zero-order valence-corrected chi connectivity index (χ0v) is 7.57. The third kappa shape index (κ3) is 10.0. The molecule has 7 heteroatoms. The number of rotatable bonds is 7. The Kier molecular flexibility index (Phi) is 6.55. The molecule has 0 aliphatic carbocycles. The van der Waals surface area contributed by atoms with Crippen molar-refractivity contribution in [1.82, 2.24) is 0 Å². The summed E-state index contributed by atoms with van der Waals surface area (Å²) in [7, 11) is -4.28. The number of phosphoric acid groups is 1. The second-order valence-corrected chi connectivity index (χ2v) is 3.49. The first kappa shape index (κ1) is 12.0. The van der Waals surface area contributed by atoms with Crippen LogP contribution >= 0.6 is 7.82 Å². The third-order valence-electron chi connectivity index (χ3n) is 1.17. The summed E-state index contributed by atoms with van der Waals surface area (Å²) < 4.78 is 14.4. The van der Waals surface area contributed by atoms with Gasteiger partial charge in [0.05, 0.1) is 13.2 Å². The van der Waals surface area contributed by atoms with Crippen molar-refractivity contribution in [2.75, 3.05) is 13.2 Å². The maximum Gasteiger partial charge on any atom is 0.469 e. The predicted molar refractivity (Wildman–Crippen MR) is 42.0 cm³/mol.